The number of aldehydes is 2. The van der Waals surface area contributed by atoms with E-state index < -0.39 is 31.3 Å². The van der Waals surface area contributed by atoms with E-state index >= 15 is 0 Å². The summed E-state index contributed by atoms with van der Waals surface area (Å²) in [4.78, 5) is 23.6. The average Bonchev–Trinajstić information content (AvgIpc) is 2.39. The van der Waals surface area contributed by atoms with E-state index in [9.17, 15) is 22.6 Å². The van der Waals surface area contributed by atoms with Crippen molar-refractivity contribution in [1.29, 1.82) is 0 Å². The summed E-state index contributed by atoms with van der Waals surface area (Å²) in [5.41, 5.74) is -1.09. The molecule has 0 saturated carbocycles. The zero-order chi connectivity index (χ0) is 20.9. The molecule has 0 heterocycles. The number of hydrogen-bond donors (Lipinski definition) is 0. The lowest BCUT2D eigenvalue weighted by Crippen LogP contribution is -2.31. The van der Waals surface area contributed by atoms with Crippen LogP contribution in [-0.4, -0.2) is 25.5 Å². The SMILES string of the molecule is CC(C)(C)c1c(C=O)c(C(C)(C)C)c(S(=O)(=O)[O-])c(C(C)(C)C)c1C=O. The Balaban J connectivity index is 4.63. The second kappa shape index (κ2) is 6.57. The number of rotatable bonds is 3. The molecule has 0 aliphatic carbocycles. The molecule has 0 aliphatic rings. The summed E-state index contributed by atoms with van der Waals surface area (Å²) in [6.07, 6.45) is 1.13. The Bertz CT molecular complexity index is 795. The maximum Gasteiger partial charge on any atom is 0.150 e. The smallest absolute Gasteiger partial charge is 0.150 e. The molecule has 0 bridgehead atoms. The van der Waals surface area contributed by atoms with Gasteiger partial charge in [0.2, 0.25) is 0 Å². The fraction of sp³-hybridized carbons (Fsp3) is 0.600. The van der Waals surface area contributed by atoms with Crippen LogP contribution < -0.4 is 0 Å². The van der Waals surface area contributed by atoms with Crippen LogP contribution >= 0.6 is 0 Å². The molecule has 5 nitrogen and oxygen atoms in total. The lowest BCUT2D eigenvalue weighted by Gasteiger charge is -2.37. The normalized spacial score (nSPS) is 13.6. The zero-order valence-corrected chi connectivity index (χ0v) is 17.9. The predicted molar refractivity (Wildman–Crippen MR) is 101 cm³/mol. The molecule has 0 atom stereocenters. The van der Waals surface area contributed by atoms with Crippen LogP contribution in [0.2, 0.25) is 0 Å². The number of carbonyl (C=O) groups is 2. The van der Waals surface area contributed by atoms with Gasteiger partial charge in [0, 0.05) is 11.1 Å². The Labute approximate surface area is 156 Å². The van der Waals surface area contributed by atoms with Crippen molar-refractivity contribution in [3.05, 3.63) is 27.8 Å². The van der Waals surface area contributed by atoms with Crippen LogP contribution in [0.15, 0.2) is 4.90 Å². The third kappa shape index (κ3) is 4.07. The molecule has 0 aliphatic heterocycles. The van der Waals surface area contributed by atoms with Gasteiger partial charge in [0.25, 0.3) is 0 Å². The Morgan fingerprint density at radius 1 is 0.654 bits per heavy atom. The highest BCUT2D eigenvalue weighted by Gasteiger charge is 2.38. The van der Waals surface area contributed by atoms with E-state index in [0.717, 1.165) is 0 Å². The molecule has 0 aromatic heterocycles. The Kier molecular flexibility index (Phi) is 5.69. The molecule has 146 valence electrons. The van der Waals surface area contributed by atoms with Gasteiger partial charge in [-0.2, -0.15) is 0 Å². The second-order valence-electron chi connectivity index (χ2n) is 9.72. The van der Waals surface area contributed by atoms with Crippen LogP contribution in [0.3, 0.4) is 0 Å². The molecular weight excluding hydrogens is 352 g/mol. The first-order chi connectivity index (χ1) is 11.4. The van der Waals surface area contributed by atoms with E-state index in [1.807, 2.05) is 20.8 Å². The minimum Gasteiger partial charge on any atom is -0.744 e. The van der Waals surface area contributed by atoms with Crippen molar-refractivity contribution in [1.82, 2.24) is 0 Å². The Hall–Kier alpha value is -1.53. The fourth-order valence-electron chi connectivity index (χ4n) is 3.55. The first kappa shape index (κ1) is 22.5. The lowest BCUT2D eigenvalue weighted by atomic mass is 9.69. The number of carbonyl (C=O) groups excluding carboxylic acids is 2. The topological polar surface area (TPSA) is 91.3 Å². The minimum absolute atomic E-state index is 0.120. The molecule has 0 amide bonds. The summed E-state index contributed by atoms with van der Waals surface area (Å²) in [7, 11) is -4.93. The minimum atomic E-state index is -4.93. The highest BCUT2D eigenvalue weighted by Crippen LogP contribution is 2.45. The molecule has 1 aromatic carbocycles. The quantitative estimate of drug-likeness (QED) is 0.580. The van der Waals surface area contributed by atoms with Crippen LogP contribution in [0.4, 0.5) is 0 Å². The zero-order valence-electron chi connectivity index (χ0n) is 17.1. The first-order valence-corrected chi connectivity index (χ1v) is 9.91. The monoisotopic (exact) mass is 381 g/mol. The van der Waals surface area contributed by atoms with E-state index in [4.69, 9.17) is 0 Å². The fourth-order valence-corrected chi connectivity index (χ4v) is 4.88. The molecule has 0 fully saturated rings. The van der Waals surface area contributed by atoms with Gasteiger partial charge in [-0.05, 0) is 32.9 Å². The second-order valence-corrected chi connectivity index (χ2v) is 11.0. The van der Waals surface area contributed by atoms with Crippen LogP contribution in [0, 0.1) is 0 Å². The molecule has 0 N–H and O–H groups in total. The van der Waals surface area contributed by atoms with Gasteiger partial charge in [-0.3, -0.25) is 9.59 Å². The van der Waals surface area contributed by atoms with Gasteiger partial charge in [0.15, 0.2) is 12.6 Å². The van der Waals surface area contributed by atoms with Gasteiger partial charge < -0.3 is 4.55 Å². The van der Waals surface area contributed by atoms with Gasteiger partial charge in [-0.25, -0.2) is 8.42 Å². The van der Waals surface area contributed by atoms with E-state index in [1.54, 1.807) is 41.5 Å². The van der Waals surface area contributed by atoms with E-state index in [-0.39, 0.29) is 22.3 Å². The molecule has 1 aromatic rings. The van der Waals surface area contributed by atoms with Gasteiger partial charge in [0.05, 0.1) is 4.90 Å². The number of benzene rings is 1. The lowest BCUT2D eigenvalue weighted by molar-refractivity contribution is 0.111. The van der Waals surface area contributed by atoms with Crippen molar-refractivity contribution < 1.29 is 22.6 Å². The highest BCUT2D eigenvalue weighted by molar-refractivity contribution is 7.85. The molecule has 0 radical (unpaired) electrons. The summed E-state index contributed by atoms with van der Waals surface area (Å²) < 4.78 is 36.8. The largest absolute Gasteiger partial charge is 0.744 e. The highest BCUT2D eigenvalue weighted by atomic mass is 32.2. The molecule has 1 rings (SSSR count). The third-order valence-electron chi connectivity index (χ3n) is 4.27. The summed E-state index contributed by atoms with van der Waals surface area (Å²) in [5.74, 6) is 0. The average molecular weight is 382 g/mol. The van der Waals surface area contributed by atoms with E-state index in [0.29, 0.717) is 18.1 Å². The maximum atomic E-state index is 12.3. The van der Waals surface area contributed by atoms with Gasteiger partial charge in [0.1, 0.15) is 10.1 Å². The Morgan fingerprint density at radius 3 is 1.08 bits per heavy atom. The summed E-state index contributed by atoms with van der Waals surface area (Å²) in [5, 5.41) is 0. The molecule has 6 heteroatoms. The third-order valence-corrected chi connectivity index (χ3v) is 5.18. The van der Waals surface area contributed by atoms with E-state index in [1.165, 1.54) is 0 Å². The standard InChI is InChI=1S/C20H30O5S/c1-18(2,3)14-12(10-21)15(19(4,5)6)17(26(23,24)25)16(13(14)11-22)20(7,8)9/h10-11H,1-9H3,(H,23,24,25)/p-1. The van der Waals surface area contributed by atoms with E-state index in [2.05, 4.69) is 0 Å². The van der Waals surface area contributed by atoms with Crippen LogP contribution in [0.5, 0.6) is 0 Å². The Morgan fingerprint density at radius 2 is 0.923 bits per heavy atom. The van der Waals surface area contributed by atoms with Crippen molar-refractivity contribution in [2.75, 3.05) is 0 Å². The van der Waals surface area contributed by atoms with Crippen LogP contribution in [0.1, 0.15) is 99.7 Å². The van der Waals surface area contributed by atoms with Crippen molar-refractivity contribution in [2.24, 2.45) is 0 Å². The van der Waals surface area contributed by atoms with Crippen molar-refractivity contribution in [3.63, 3.8) is 0 Å². The summed E-state index contributed by atoms with van der Waals surface area (Å²) >= 11 is 0. The van der Waals surface area contributed by atoms with Gasteiger partial charge >= 0.3 is 0 Å². The van der Waals surface area contributed by atoms with Crippen molar-refractivity contribution in [2.45, 2.75) is 83.5 Å². The molecular formula is C20H29O5S-. The maximum absolute atomic E-state index is 12.3. The predicted octanol–water partition coefficient (Wildman–Crippen LogP) is 4.11. The summed E-state index contributed by atoms with van der Waals surface area (Å²) in [6.45, 7) is 16.1. The van der Waals surface area contributed by atoms with Crippen LogP contribution in [-0.2, 0) is 26.4 Å². The first-order valence-electron chi connectivity index (χ1n) is 8.50. The van der Waals surface area contributed by atoms with Crippen molar-refractivity contribution >= 4 is 22.7 Å². The van der Waals surface area contributed by atoms with Gasteiger partial charge in [-0.1, -0.05) is 62.3 Å². The molecule has 0 unspecified atom stereocenters. The van der Waals surface area contributed by atoms with Crippen molar-refractivity contribution in [3.8, 4) is 0 Å². The number of hydrogen-bond acceptors (Lipinski definition) is 5. The summed E-state index contributed by atoms with van der Waals surface area (Å²) in [6, 6.07) is 0. The van der Waals surface area contributed by atoms with Crippen LogP contribution in [0.25, 0.3) is 0 Å². The molecule has 26 heavy (non-hydrogen) atoms. The molecule has 0 spiro atoms. The van der Waals surface area contributed by atoms with Gasteiger partial charge in [-0.15, -0.1) is 0 Å². The molecule has 0 saturated heterocycles.